The lowest BCUT2D eigenvalue weighted by Crippen LogP contribution is -2.04. The molecule has 0 N–H and O–H groups in total. The minimum absolute atomic E-state index is 0.605. The molecule has 1 saturated carbocycles. The standard InChI is InChI=1S/C10H15BrO/c1-3-4-9-5-8(7-12-2)6-10(9)11/h1,8-10H,4-7H2,2H3. The van der Waals surface area contributed by atoms with Gasteiger partial charge in [0.25, 0.3) is 0 Å². The van der Waals surface area contributed by atoms with E-state index in [9.17, 15) is 0 Å². The monoisotopic (exact) mass is 230 g/mol. The quantitative estimate of drug-likeness (QED) is 0.535. The topological polar surface area (TPSA) is 9.23 Å². The van der Waals surface area contributed by atoms with Crippen LogP contribution in [0, 0.1) is 24.2 Å². The smallest absolute Gasteiger partial charge is 0.0491 e. The molecule has 1 fully saturated rings. The summed E-state index contributed by atoms with van der Waals surface area (Å²) in [5.41, 5.74) is 0. The largest absolute Gasteiger partial charge is 0.384 e. The summed E-state index contributed by atoms with van der Waals surface area (Å²) in [6, 6.07) is 0. The molecule has 1 aliphatic carbocycles. The molecule has 0 amide bonds. The Morgan fingerprint density at radius 3 is 2.92 bits per heavy atom. The third kappa shape index (κ3) is 2.50. The maximum atomic E-state index is 5.29. The summed E-state index contributed by atoms with van der Waals surface area (Å²) in [5, 5.41) is 0. The van der Waals surface area contributed by atoms with Crippen LogP contribution in [0.3, 0.4) is 0 Å². The molecule has 12 heavy (non-hydrogen) atoms. The first-order valence-electron chi connectivity index (χ1n) is 4.34. The van der Waals surface area contributed by atoms with E-state index >= 15 is 0 Å². The van der Waals surface area contributed by atoms with E-state index in [1.807, 2.05) is 0 Å². The minimum atomic E-state index is 0.605. The number of alkyl halides is 1. The highest BCUT2D eigenvalue weighted by Crippen LogP contribution is 2.37. The molecule has 0 radical (unpaired) electrons. The first kappa shape index (κ1) is 10.1. The van der Waals surface area contributed by atoms with Gasteiger partial charge in [0.1, 0.15) is 0 Å². The lowest BCUT2D eigenvalue weighted by atomic mass is 10.0. The van der Waals surface area contributed by atoms with Crippen molar-refractivity contribution < 1.29 is 4.74 Å². The van der Waals surface area contributed by atoms with Gasteiger partial charge in [-0.05, 0) is 24.7 Å². The third-order valence-electron chi connectivity index (χ3n) is 2.49. The molecule has 1 rings (SSSR count). The number of methoxy groups -OCH3 is 1. The summed E-state index contributed by atoms with van der Waals surface area (Å²) >= 11 is 3.67. The fourth-order valence-electron chi connectivity index (χ4n) is 1.92. The normalized spacial score (nSPS) is 34.9. The van der Waals surface area contributed by atoms with Crippen LogP contribution in [0.4, 0.5) is 0 Å². The Labute approximate surface area is 83.0 Å². The molecule has 0 aromatic carbocycles. The molecule has 0 aromatic rings. The van der Waals surface area contributed by atoms with Crippen molar-refractivity contribution in [3.8, 4) is 12.3 Å². The van der Waals surface area contributed by atoms with Crippen LogP contribution >= 0.6 is 15.9 Å². The van der Waals surface area contributed by atoms with Crippen LogP contribution < -0.4 is 0 Å². The lowest BCUT2D eigenvalue weighted by molar-refractivity contribution is 0.153. The van der Waals surface area contributed by atoms with Crippen LogP contribution in [0.1, 0.15) is 19.3 Å². The zero-order chi connectivity index (χ0) is 8.97. The Balaban J connectivity index is 2.35. The highest BCUT2D eigenvalue weighted by Gasteiger charge is 2.31. The van der Waals surface area contributed by atoms with Crippen molar-refractivity contribution in [3.63, 3.8) is 0 Å². The average molecular weight is 231 g/mol. The van der Waals surface area contributed by atoms with Gasteiger partial charge in [0.15, 0.2) is 0 Å². The predicted octanol–water partition coefficient (Wildman–Crippen LogP) is 2.45. The number of rotatable bonds is 3. The maximum absolute atomic E-state index is 5.29. The first-order chi connectivity index (χ1) is 5.77. The third-order valence-corrected chi connectivity index (χ3v) is 3.61. The summed E-state index contributed by atoms with van der Waals surface area (Å²) < 4.78 is 5.13. The molecular formula is C10H15BrO. The van der Waals surface area contributed by atoms with Gasteiger partial charge >= 0.3 is 0 Å². The second kappa shape index (κ2) is 4.89. The van der Waals surface area contributed by atoms with Crippen molar-refractivity contribution in [3.05, 3.63) is 0 Å². The van der Waals surface area contributed by atoms with Crippen LogP contribution in [0.2, 0.25) is 0 Å². The molecule has 0 bridgehead atoms. The van der Waals surface area contributed by atoms with Gasteiger partial charge in [-0.2, -0.15) is 0 Å². The number of hydrogen-bond donors (Lipinski definition) is 0. The summed E-state index contributed by atoms with van der Waals surface area (Å²) in [4.78, 5) is 0.605. The molecular weight excluding hydrogens is 216 g/mol. The molecule has 0 aliphatic heterocycles. The van der Waals surface area contributed by atoms with Crippen LogP contribution in [0.5, 0.6) is 0 Å². The van der Waals surface area contributed by atoms with Crippen LogP contribution in [-0.2, 0) is 4.74 Å². The van der Waals surface area contributed by atoms with Crippen LogP contribution in [-0.4, -0.2) is 18.5 Å². The number of terminal acetylenes is 1. The number of ether oxygens (including phenoxy) is 1. The van der Waals surface area contributed by atoms with E-state index in [-0.39, 0.29) is 0 Å². The lowest BCUT2D eigenvalue weighted by Gasteiger charge is -2.08. The molecule has 0 spiro atoms. The van der Waals surface area contributed by atoms with E-state index in [4.69, 9.17) is 11.2 Å². The number of halogens is 1. The van der Waals surface area contributed by atoms with E-state index in [0.29, 0.717) is 16.7 Å². The van der Waals surface area contributed by atoms with Gasteiger partial charge in [-0.1, -0.05) is 15.9 Å². The minimum Gasteiger partial charge on any atom is -0.384 e. The van der Waals surface area contributed by atoms with Crippen molar-refractivity contribution >= 4 is 15.9 Å². The molecule has 3 unspecified atom stereocenters. The molecule has 68 valence electrons. The summed E-state index contributed by atoms with van der Waals surface area (Å²) in [5.74, 6) is 4.10. The SMILES string of the molecule is C#CCC1CC(COC)CC1Br. The van der Waals surface area contributed by atoms with E-state index in [1.54, 1.807) is 7.11 Å². The Bertz CT molecular complexity index is 173. The number of hydrogen-bond acceptors (Lipinski definition) is 1. The van der Waals surface area contributed by atoms with Gasteiger partial charge in [0, 0.05) is 25.0 Å². The second-order valence-electron chi connectivity index (χ2n) is 3.48. The van der Waals surface area contributed by atoms with Crippen molar-refractivity contribution in [2.24, 2.45) is 11.8 Å². The van der Waals surface area contributed by atoms with Crippen molar-refractivity contribution in [2.75, 3.05) is 13.7 Å². The molecule has 0 saturated heterocycles. The van der Waals surface area contributed by atoms with E-state index in [2.05, 4.69) is 21.9 Å². The van der Waals surface area contributed by atoms with E-state index in [1.165, 1.54) is 12.8 Å². The average Bonchev–Trinajstić information content (AvgIpc) is 2.34. The van der Waals surface area contributed by atoms with Crippen molar-refractivity contribution in [1.29, 1.82) is 0 Å². The van der Waals surface area contributed by atoms with Crippen LogP contribution in [0.15, 0.2) is 0 Å². The molecule has 1 aliphatic rings. The summed E-state index contributed by atoms with van der Waals surface area (Å²) in [6.07, 6.45) is 8.61. The second-order valence-corrected chi connectivity index (χ2v) is 4.65. The molecule has 0 aromatic heterocycles. The van der Waals surface area contributed by atoms with Crippen molar-refractivity contribution in [2.45, 2.75) is 24.1 Å². The van der Waals surface area contributed by atoms with Gasteiger partial charge < -0.3 is 4.74 Å². The maximum Gasteiger partial charge on any atom is 0.0491 e. The summed E-state index contributed by atoms with van der Waals surface area (Å²) in [6.45, 7) is 0.878. The van der Waals surface area contributed by atoms with Gasteiger partial charge in [-0.25, -0.2) is 0 Å². The highest BCUT2D eigenvalue weighted by molar-refractivity contribution is 9.09. The van der Waals surface area contributed by atoms with Gasteiger partial charge in [0.2, 0.25) is 0 Å². The van der Waals surface area contributed by atoms with E-state index in [0.717, 1.165) is 13.0 Å². The van der Waals surface area contributed by atoms with Gasteiger partial charge in [0.05, 0.1) is 0 Å². The summed E-state index contributed by atoms with van der Waals surface area (Å²) in [7, 11) is 1.76. The fraction of sp³-hybridized carbons (Fsp3) is 0.800. The van der Waals surface area contributed by atoms with Crippen molar-refractivity contribution in [1.82, 2.24) is 0 Å². The Hall–Kier alpha value is 0. The van der Waals surface area contributed by atoms with Gasteiger partial charge in [-0.3, -0.25) is 0 Å². The zero-order valence-electron chi connectivity index (χ0n) is 7.42. The Morgan fingerprint density at radius 2 is 2.33 bits per heavy atom. The van der Waals surface area contributed by atoms with Crippen LogP contribution in [0.25, 0.3) is 0 Å². The fourth-order valence-corrected chi connectivity index (χ4v) is 2.85. The van der Waals surface area contributed by atoms with Gasteiger partial charge in [-0.15, -0.1) is 12.3 Å². The molecule has 2 heteroatoms. The first-order valence-corrected chi connectivity index (χ1v) is 5.26. The molecule has 3 atom stereocenters. The predicted molar refractivity (Wildman–Crippen MR) is 54.3 cm³/mol. The zero-order valence-corrected chi connectivity index (χ0v) is 9.01. The highest BCUT2D eigenvalue weighted by atomic mass is 79.9. The Morgan fingerprint density at radius 1 is 1.58 bits per heavy atom. The van der Waals surface area contributed by atoms with E-state index < -0.39 is 0 Å². The molecule has 1 nitrogen and oxygen atoms in total. The Kier molecular flexibility index (Phi) is 4.11. The molecule has 0 heterocycles.